The van der Waals surface area contributed by atoms with E-state index in [0.717, 1.165) is 24.6 Å². The van der Waals surface area contributed by atoms with E-state index in [4.69, 9.17) is 10.5 Å². The van der Waals surface area contributed by atoms with Crippen LogP contribution in [0.5, 0.6) is 5.88 Å². The molecule has 0 aromatic carbocycles. The topological polar surface area (TPSA) is 129 Å². The van der Waals surface area contributed by atoms with Crippen molar-refractivity contribution in [3.63, 3.8) is 0 Å². The standard InChI is InChI=1S/C15H18N6O3/c16-13-12(21(22)23)9-19-15(20-13)18-8-10-4-3-7-17-14(10)24-11-5-1-2-6-11/h3-4,7,9,11H,1-2,5-6,8H2,(H3,16,18,19,20). The molecule has 24 heavy (non-hydrogen) atoms. The van der Waals surface area contributed by atoms with Crippen LogP contribution in [-0.2, 0) is 6.54 Å². The lowest BCUT2D eigenvalue weighted by molar-refractivity contribution is -0.384. The van der Waals surface area contributed by atoms with Gasteiger partial charge in [0.2, 0.25) is 17.6 Å². The second-order valence-electron chi connectivity index (χ2n) is 5.57. The van der Waals surface area contributed by atoms with Gasteiger partial charge in [0.1, 0.15) is 12.3 Å². The summed E-state index contributed by atoms with van der Waals surface area (Å²) >= 11 is 0. The quantitative estimate of drug-likeness (QED) is 0.609. The van der Waals surface area contributed by atoms with E-state index in [9.17, 15) is 10.1 Å². The molecule has 2 aromatic rings. The highest BCUT2D eigenvalue weighted by Crippen LogP contribution is 2.25. The molecule has 0 atom stereocenters. The lowest BCUT2D eigenvalue weighted by Gasteiger charge is -2.15. The Kier molecular flexibility index (Phi) is 4.69. The number of anilines is 2. The van der Waals surface area contributed by atoms with Crippen molar-refractivity contribution in [1.29, 1.82) is 0 Å². The van der Waals surface area contributed by atoms with Crippen LogP contribution < -0.4 is 15.8 Å². The Morgan fingerprint density at radius 3 is 2.88 bits per heavy atom. The third-order valence-electron chi connectivity index (χ3n) is 3.86. The summed E-state index contributed by atoms with van der Waals surface area (Å²) < 4.78 is 5.96. The van der Waals surface area contributed by atoms with E-state index < -0.39 is 4.92 Å². The summed E-state index contributed by atoms with van der Waals surface area (Å²) in [7, 11) is 0. The molecule has 1 aliphatic rings. The van der Waals surface area contributed by atoms with E-state index in [1.54, 1.807) is 6.20 Å². The van der Waals surface area contributed by atoms with Gasteiger partial charge >= 0.3 is 5.69 Å². The predicted molar refractivity (Wildman–Crippen MR) is 87.5 cm³/mol. The average Bonchev–Trinajstić information content (AvgIpc) is 3.07. The number of pyridine rings is 1. The lowest BCUT2D eigenvalue weighted by atomic mass is 10.2. The highest BCUT2D eigenvalue weighted by molar-refractivity contribution is 5.53. The van der Waals surface area contributed by atoms with Crippen molar-refractivity contribution in [2.45, 2.75) is 38.3 Å². The minimum atomic E-state index is -0.617. The monoisotopic (exact) mass is 330 g/mol. The Labute approximate surface area is 138 Å². The molecule has 0 radical (unpaired) electrons. The number of aromatic nitrogens is 3. The van der Waals surface area contributed by atoms with Gasteiger partial charge in [-0.05, 0) is 31.7 Å². The van der Waals surface area contributed by atoms with Crippen molar-refractivity contribution in [2.24, 2.45) is 0 Å². The third-order valence-corrected chi connectivity index (χ3v) is 3.86. The summed E-state index contributed by atoms with van der Waals surface area (Å²) in [6.45, 7) is 0.382. The van der Waals surface area contributed by atoms with Crippen LogP contribution in [0.1, 0.15) is 31.2 Å². The minimum absolute atomic E-state index is 0.175. The molecule has 0 saturated heterocycles. The van der Waals surface area contributed by atoms with E-state index in [-0.39, 0.29) is 23.6 Å². The summed E-state index contributed by atoms with van der Waals surface area (Å²) in [6, 6.07) is 3.72. The summed E-state index contributed by atoms with van der Waals surface area (Å²) in [5, 5.41) is 13.7. The Morgan fingerprint density at radius 2 is 2.17 bits per heavy atom. The van der Waals surface area contributed by atoms with E-state index in [1.165, 1.54) is 12.8 Å². The average molecular weight is 330 g/mol. The van der Waals surface area contributed by atoms with Crippen LogP contribution in [0.4, 0.5) is 17.5 Å². The zero-order chi connectivity index (χ0) is 16.9. The molecule has 2 aromatic heterocycles. The molecule has 1 aliphatic carbocycles. The van der Waals surface area contributed by atoms with E-state index >= 15 is 0 Å². The smallest absolute Gasteiger partial charge is 0.329 e. The molecule has 9 nitrogen and oxygen atoms in total. The van der Waals surface area contributed by atoms with Gasteiger partial charge in [-0.15, -0.1) is 0 Å². The summed E-state index contributed by atoms with van der Waals surface area (Å²) in [4.78, 5) is 22.2. The van der Waals surface area contributed by atoms with Gasteiger partial charge in [0.05, 0.1) is 4.92 Å². The van der Waals surface area contributed by atoms with Crippen molar-refractivity contribution in [3.05, 3.63) is 40.2 Å². The van der Waals surface area contributed by atoms with Crippen molar-refractivity contribution < 1.29 is 9.66 Å². The normalized spacial score (nSPS) is 14.5. The first-order chi connectivity index (χ1) is 11.6. The third kappa shape index (κ3) is 3.67. The van der Waals surface area contributed by atoms with Crippen LogP contribution >= 0.6 is 0 Å². The maximum absolute atomic E-state index is 10.7. The van der Waals surface area contributed by atoms with Gasteiger partial charge in [0.25, 0.3) is 0 Å². The van der Waals surface area contributed by atoms with Gasteiger partial charge in [-0.25, -0.2) is 9.97 Å². The number of hydrogen-bond acceptors (Lipinski definition) is 8. The van der Waals surface area contributed by atoms with Crippen molar-refractivity contribution in [2.75, 3.05) is 11.1 Å². The van der Waals surface area contributed by atoms with E-state index in [0.29, 0.717) is 12.4 Å². The SMILES string of the molecule is Nc1nc(NCc2cccnc2OC2CCCC2)ncc1[N+](=O)[O-]. The van der Waals surface area contributed by atoms with Gasteiger partial charge in [-0.2, -0.15) is 4.98 Å². The molecule has 0 unspecified atom stereocenters. The Hall–Kier alpha value is -2.97. The molecular weight excluding hydrogens is 312 g/mol. The number of hydrogen-bond donors (Lipinski definition) is 2. The van der Waals surface area contributed by atoms with Crippen LogP contribution in [0.3, 0.4) is 0 Å². The maximum Gasteiger partial charge on any atom is 0.329 e. The summed E-state index contributed by atoms with van der Waals surface area (Å²) in [5.74, 6) is 0.631. The van der Waals surface area contributed by atoms with Crippen molar-refractivity contribution in [3.8, 4) is 5.88 Å². The van der Waals surface area contributed by atoms with Crippen LogP contribution in [0, 0.1) is 10.1 Å². The minimum Gasteiger partial charge on any atom is -0.474 e. The number of nitrogens with one attached hydrogen (secondary N) is 1. The summed E-state index contributed by atoms with van der Waals surface area (Å²) in [6.07, 6.45) is 7.45. The fourth-order valence-electron chi connectivity index (χ4n) is 2.62. The molecule has 0 bridgehead atoms. The zero-order valence-corrected chi connectivity index (χ0v) is 13.0. The van der Waals surface area contributed by atoms with Gasteiger partial charge in [-0.1, -0.05) is 6.07 Å². The second kappa shape index (κ2) is 7.07. The lowest BCUT2D eigenvalue weighted by Crippen LogP contribution is -2.14. The molecule has 1 fully saturated rings. The molecule has 9 heteroatoms. The Bertz CT molecular complexity index is 733. The van der Waals surface area contributed by atoms with Gasteiger partial charge in [0, 0.05) is 18.3 Å². The largest absolute Gasteiger partial charge is 0.474 e. The number of nitrogens with zero attached hydrogens (tertiary/aromatic N) is 4. The number of rotatable bonds is 6. The molecule has 1 saturated carbocycles. The number of nitro groups is 1. The molecule has 3 rings (SSSR count). The van der Waals surface area contributed by atoms with Crippen LogP contribution in [0.15, 0.2) is 24.5 Å². The van der Waals surface area contributed by atoms with Crippen LogP contribution in [0.25, 0.3) is 0 Å². The van der Waals surface area contributed by atoms with E-state index in [1.807, 2.05) is 12.1 Å². The van der Waals surface area contributed by atoms with Gasteiger partial charge in [0.15, 0.2) is 0 Å². The molecule has 0 spiro atoms. The number of nitrogens with two attached hydrogens (primary N) is 1. The molecule has 2 heterocycles. The fourth-order valence-corrected chi connectivity index (χ4v) is 2.62. The first-order valence-electron chi connectivity index (χ1n) is 7.75. The van der Waals surface area contributed by atoms with E-state index in [2.05, 4.69) is 20.3 Å². The Morgan fingerprint density at radius 1 is 1.38 bits per heavy atom. The van der Waals surface area contributed by atoms with Gasteiger partial charge < -0.3 is 15.8 Å². The fraction of sp³-hybridized carbons (Fsp3) is 0.400. The predicted octanol–water partition coefficient (Wildman–Crippen LogP) is 2.30. The zero-order valence-electron chi connectivity index (χ0n) is 13.0. The molecule has 126 valence electrons. The van der Waals surface area contributed by atoms with Gasteiger partial charge in [-0.3, -0.25) is 10.1 Å². The first-order valence-corrected chi connectivity index (χ1v) is 7.75. The van der Waals surface area contributed by atoms with Crippen molar-refractivity contribution >= 4 is 17.5 Å². The second-order valence-corrected chi connectivity index (χ2v) is 5.57. The molecule has 3 N–H and O–H groups in total. The highest BCUT2D eigenvalue weighted by Gasteiger charge is 2.19. The van der Waals surface area contributed by atoms with Crippen LogP contribution in [-0.4, -0.2) is 26.0 Å². The first kappa shape index (κ1) is 15.9. The molecule has 0 amide bonds. The van der Waals surface area contributed by atoms with Crippen molar-refractivity contribution in [1.82, 2.24) is 15.0 Å². The molecular formula is C15H18N6O3. The Balaban J connectivity index is 1.68. The number of nitrogen functional groups attached to an aromatic ring is 1. The molecule has 0 aliphatic heterocycles. The van der Waals surface area contributed by atoms with Crippen LogP contribution in [0.2, 0.25) is 0 Å². The highest BCUT2D eigenvalue weighted by atomic mass is 16.6. The summed E-state index contributed by atoms with van der Waals surface area (Å²) in [5.41, 5.74) is 6.11. The number of ether oxygens (including phenoxy) is 1. The maximum atomic E-state index is 10.7.